The van der Waals surface area contributed by atoms with E-state index in [1.807, 2.05) is 61.9 Å². The predicted octanol–water partition coefficient (Wildman–Crippen LogP) is 5.64. The maximum absolute atomic E-state index is 12.8. The zero-order chi connectivity index (χ0) is 33.1. The SMILES string of the molecule is CN(C)S(=O)(=O)c1ccc(Nc2nn(C3(CC#N)CCN(C(=O)OC(C)(C)C)CC3)c3ccnc(OCc4ccccc4)c23)cc1. The van der Waals surface area contributed by atoms with Gasteiger partial charge in [0.2, 0.25) is 15.9 Å². The zero-order valence-electron chi connectivity index (χ0n) is 26.7. The first-order chi connectivity index (χ1) is 21.8. The number of fused-ring (bicyclic) bond motifs is 1. The van der Waals surface area contributed by atoms with Gasteiger partial charge in [-0.3, -0.25) is 4.68 Å². The average molecular weight is 646 g/mol. The molecule has 4 aromatic rings. The molecule has 242 valence electrons. The smallest absolute Gasteiger partial charge is 0.410 e. The van der Waals surface area contributed by atoms with E-state index in [0.29, 0.717) is 54.2 Å². The van der Waals surface area contributed by atoms with Crippen LogP contribution in [0.2, 0.25) is 0 Å². The van der Waals surface area contributed by atoms with Crippen molar-refractivity contribution in [3.63, 3.8) is 0 Å². The number of piperidine rings is 1. The topological polar surface area (TPSA) is 143 Å². The third kappa shape index (κ3) is 6.93. The van der Waals surface area contributed by atoms with Gasteiger partial charge in [-0.15, -0.1) is 0 Å². The van der Waals surface area contributed by atoms with Crippen LogP contribution < -0.4 is 10.1 Å². The van der Waals surface area contributed by atoms with Gasteiger partial charge in [-0.2, -0.15) is 10.4 Å². The van der Waals surface area contributed by atoms with Crippen LogP contribution >= 0.6 is 0 Å². The molecule has 0 spiro atoms. The van der Waals surface area contributed by atoms with Gasteiger partial charge in [0.1, 0.15) is 17.6 Å². The Morgan fingerprint density at radius 3 is 2.35 bits per heavy atom. The summed E-state index contributed by atoms with van der Waals surface area (Å²) in [5.41, 5.74) is 0.961. The van der Waals surface area contributed by atoms with Gasteiger partial charge in [0.25, 0.3) is 0 Å². The van der Waals surface area contributed by atoms with E-state index in [0.717, 1.165) is 9.87 Å². The summed E-state index contributed by atoms with van der Waals surface area (Å²) >= 11 is 0. The van der Waals surface area contributed by atoms with Gasteiger partial charge in [-0.05, 0) is 69.5 Å². The highest BCUT2D eigenvalue weighted by atomic mass is 32.2. The van der Waals surface area contributed by atoms with E-state index in [1.54, 1.807) is 23.2 Å². The maximum Gasteiger partial charge on any atom is 0.410 e. The minimum Gasteiger partial charge on any atom is -0.472 e. The maximum atomic E-state index is 12.8. The molecule has 1 N–H and O–H groups in total. The molecule has 0 aliphatic carbocycles. The normalized spacial score (nSPS) is 15.0. The molecule has 1 fully saturated rings. The lowest BCUT2D eigenvalue weighted by molar-refractivity contribution is 0.0110. The fourth-order valence-electron chi connectivity index (χ4n) is 5.42. The number of benzene rings is 2. The molecule has 0 saturated carbocycles. The number of hydrogen-bond acceptors (Lipinski definition) is 9. The number of anilines is 2. The largest absolute Gasteiger partial charge is 0.472 e. The van der Waals surface area contributed by atoms with Crippen molar-refractivity contribution < 1.29 is 22.7 Å². The molecule has 1 aliphatic rings. The highest BCUT2D eigenvalue weighted by molar-refractivity contribution is 7.89. The molecule has 13 heteroatoms. The van der Waals surface area contributed by atoms with Gasteiger partial charge in [0.15, 0.2) is 5.82 Å². The molecule has 0 radical (unpaired) electrons. The van der Waals surface area contributed by atoms with Crippen LogP contribution in [0.1, 0.15) is 45.6 Å². The third-order valence-electron chi connectivity index (χ3n) is 7.88. The first-order valence-corrected chi connectivity index (χ1v) is 16.5. The van der Waals surface area contributed by atoms with Gasteiger partial charge < -0.3 is 19.7 Å². The molecule has 1 amide bonds. The third-order valence-corrected chi connectivity index (χ3v) is 9.71. The van der Waals surface area contributed by atoms with Crippen molar-refractivity contribution in [1.82, 2.24) is 24.0 Å². The number of rotatable bonds is 9. The van der Waals surface area contributed by atoms with Crippen LogP contribution in [-0.4, -0.2) is 71.3 Å². The standard InChI is InChI=1S/C33H39N7O5S/c1-32(2,3)45-31(41)39-21-17-33(16-19-34,18-22-39)40-27-15-20-35-30(44-23-24-9-7-6-8-10-24)28(27)29(37-40)36-25-11-13-26(14-12-25)46(42,43)38(4)5/h6-15,20H,16-18,21-23H2,1-5H3,(H,36,37). The van der Waals surface area contributed by atoms with Gasteiger partial charge >= 0.3 is 6.09 Å². The van der Waals surface area contributed by atoms with E-state index in [1.165, 1.54) is 26.2 Å². The quantitative estimate of drug-likeness (QED) is 0.245. The molecule has 0 unspecified atom stereocenters. The first-order valence-electron chi connectivity index (χ1n) is 15.0. The fourth-order valence-corrected chi connectivity index (χ4v) is 6.32. The highest BCUT2D eigenvalue weighted by Crippen LogP contribution is 2.41. The molecular formula is C33H39N7O5S. The summed E-state index contributed by atoms with van der Waals surface area (Å²) in [6.45, 7) is 6.57. The Hall–Kier alpha value is -4.67. The number of sulfonamides is 1. The number of aromatic nitrogens is 3. The number of likely N-dealkylation sites (tertiary alicyclic amines) is 1. The lowest BCUT2D eigenvalue weighted by Crippen LogP contribution is -2.49. The summed E-state index contributed by atoms with van der Waals surface area (Å²) < 4.78 is 40.1. The van der Waals surface area contributed by atoms with Crippen molar-refractivity contribution in [3.05, 3.63) is 72.4 Å². The van der Waals surface area contributed by atoms with Crippen LogP contribution in [0.4, 0.5) is 16.3 Å². The number of carbonyl (C=O) groups excluding carboxylic acids is 1. The Balaban J connectivity index is 1.54. The molecule has 5 rings (SSSR count). The average Bonchev–Trinajstić information content (AvgIpc) is 3.40. The number of nitrogens with zero attached hydrogens (tertiary/aromatic N) is 6. The van der Waals surface area contributed by atoms with Crippen LogP contribution in [0, 0.1) is 11.3 Å². The number of pyridine rings is 1. The van der Waals surface area contributed by atoms with E-state index in [4.69, 9.17) is 14.6 Å². The Morgan fingerprint density at radius 2 is 1.74 bits per heavy atom. The first kappa shape index (κ1) is 32.7. The minimum atomic E-state index is -3.60. The van der Waals surface area contributed by atoms with E-state index in [9.17, 15) is 18.5 Å². The van der Waals surface area contributed by atoms with E-state index in [2.05, 4.69) is 16.4 Å². The molecule has 1 saturated heterocycles. The van der Waals surface area contributed by atoms with Crippen LogP contribution in [0.3, 0.4) is 0 Å². The Morgan fingerprint density at radius 1 is 1.07 bits per heavy atom. The molecular weight excluding hydrogens is 606 g/mol. The highest BCUT2D eigenvalue weighted by Gasteiger charge is 2.41. The molecule has 46 heavy (non-hydrogen) atoms. The molecule has 0 atom stereocenters. The van der Waals surface area contributed by atoms with E-state index >= 15 is 0 Å². The molecule has 12 nitrogen and oxygen atoms in total. The molecule has 0 bridgehead atoms. The van der Waals surface area contributed by atoms with Gasteiger partial charge in [-0.25, -0.2) is 22.5 Å². The van der Waals surface area contributed by atoms with Crippen molar-refractivity contribution >= 4 is 38.5 Å². The number of amides is 1. The van der Waals surface area contributed by atoms with Crippen molar-refractivity contribution in [2.75, 3.05) is 32.5 Å². The summed E-state index contributed by atoms with van der Waals surface area (Å²) in [4.78, 5) is 19.2. The second-order valence-electron chi connectivity index (χ2n) is 12.5. The molecule has 2 aromatic heterocycles. The Kier molecular flexibility index (Phi) is 9.23. The number of nitriles is 1. The van der Waals surface area contributed by atoms with Gasteiger partial charge in [0, 0.05) is 39.1 Å². The van der Waals surface area contributed by atoms with Crippen LogP contribution in [0.25, 0.3) is 10.9 Å². The summed E-state index contributed by atoms with van der Waals surface area (Å²) in [6.07, 6.45) is 2.41. The van der Waals surface area contributed by atoms with Crippen molar-refractivity contribution in [2.45, 2.75) is 62.7 Å². The minimum absolute atomic E-state index is 0.164. The lowest BCUT2D eigenvalue weighted by atomic mass is 9.85. The summed E-state index contributed by atoms with van der Waals surface area (Å²) in [5.74, 6) is 0.807. The van der Waals surface area contributed by atoms with Crippen molar-refractivity contribution in [1.29, 1.82) is 5.26 Å². The van der Waals surface area contributed by atoms with Crippen LogP contribution in [0.15, 0.2) is 71.8 Å². The molecule has 2 aromatic carbocycles. The molecule has 1 aliphatic heterocycles. The Bertz CT molecular complexity index is 1840. The monoisotopic (exact) mass is 645 g/mol. The number of ether oxygens (including phenoxy) is 2. The molecule has 3 heterocycles. The second kappa shape index (κ2) is 13.0. The second-order valence-corrected chi connectivity index (χ2v) is 14.7. The Labute approximate surface area is 269 Å². The number of hydrogen-bond donors (Lipinski definition) is 1. The van der Waals surface area contributed by atoms with Gasteiger partial charge in [0.05, 0.1) is 28.4 Å². The lowest BCUT2D eigenvalue weighted by Gasteiger charge is -2.41. The number of nitrogens with one attached hydrogen (secondary N) is 1. The van der Waals surface area contributed by atoms with E-state index < -0.39 is 21.2 Å². The van der Waals surface area contributed by atoms with Crippen molar-refractivity contribution in [2.24, 2.45) is 0 Å². The number of carbonyl (C=O) groups is 1. The zero-order valence-corrected chi connectivity index (χ0v) is 27.5. The van der Waals surface area contributed by atoms with Gasteiger partial charge in [-0.1, -0.05) is 30.3 Å². The van der Waals surface area contributed by atoms with E-state index in [-0.39, 0.29) is 24.0 Å². The van der Waals surface area contributed by atoms with Crippen LogP contribution in [-0.2, 0) is 26.9 Å². The summed E-state index contributed by atoms with van der Waals surface area (Å²) in [5, 5.41) is 19.0. The summed E-state index contributed by atoms with van der Waals surface area (Å²) in [7, 11) is -0.628. The predicted molar refractivity (Wildman–Crippen MR) is 174 cm³/mol. The fraction of sp³-hybridized carbons (Fsp3) is 0.394. The summed E-state index contributed by atoms with van der Waals surface area (Å²) in [6, 6.07) is 20.3. The van der Waals surface area contributed by atoms with Crippen molar-refractivity contribution in [3.8, 4) is 11.9 Å². The van der Waals surface area contributed by atoms with Crippen LogP contribution in [0.5, 0.6) is 5.88 Å².